The maximum atomic E-state index is 2.28. The van der Waals surface area contributed by atoms with E-state index < -0.39 is 0 Å². The topological polar surface area (TPSA) is 4.93 Å². The zero-order valence-corrected chi connectivity index (χ0v) is 12.3. The van der Waals surface area contributed by atoms with E-state index in [0.29, 0.717) is 0 Å². The molecule has 21 heavy (non-hydrogen) atoms. The van der Waals surface area contributed by atoms with Crippen molar-refractivity contribution in [1.82, 2.24) is 4.57 Å². The highest BCUT2D eigenvalue weighted by molar-refractivity contribution is 6.00. The van der Waals surface area contributed by atoms with E-state index in [0.717, 1.165) is 0 Å². The smallest absolute Gasteiger partial charge is 0.0494 e. The molecule has 102 valence electrons. The minimum Gasteiger partial charge on any atom is -0.344 e. The second-order valence-corrected chi connectivity index (χ2v) is 5.62. The number of fused-ring (bicyclic) bond motifs is 2. The molecule has 0 aliphatic rings. The van der Waals surface area contributed by atoms with Crippen LogP contribution in [0.2, 0.25) is 0 Å². The third-order valence-corrected chi connectivity index (χ3v) is 4.37. The molecule has 1 nitrogen and oxygen atoms in total. The highest BCUT2D eigenvalue weighted by Crippen LogP contribution is 2.33. The average molecular weight is 271 g/mol. The van der Waals surface area contributed by atoms with Gasteiger partial charge in [0, 0.05) is 29.2 Å². The molecule has 0 amide bonds. The molecular formula is C20H17N. The van der Waals surface area contributed by atoms with Crippen LogP contribution in [0.3, 0.4) is 0 Å². The predicted octanol–water partition coefficient (Wildman–Crippen LogP) is 5.31. The highest BCUT2D eigenvalue weighted by Gasteiger charge is 2.11. The van der Waals surface area contributed by atoms with Gasteiger partial charge in [0.1, 0.15) is 0 Å². The number of hydrogen-bond acceptors (Lipinski definition) is 0. The molecule has 0 saturated carbocycles. The SMILES string of the molecule is Cc1ccc(-c2cc3ccccc3n2C)c2ccccc12. The Balaban J connectivity index is 2.10. The number of nitrogens with zero attached hydrogens (tertiary/aromatic N) is 1. The van der Waals surface area contributed by atoms with E-state index in [1.54, 1.807) is 0 Å². The zero-order chi connectivity index (χ0) is 14.4. The Kier molecular flexibility index (Phi) is 2.61. The Morgan fingerprint density at radius 1 is 0.762 bits per heavy atom. The van der Waals surface area contributed by atoms with E-state index in [9.17, 15) is 0 Å². The first-order valence-electron chi connectivity index (χ1n) is 7.29. The van der Waals surface area contributed by atoms with Crippen molar-refractivity contribution < 1.29 is 0 Å². The highest BCUT2D eigenvalue weighted by atomic mass is 14.9. The van der Waals surface area contributed by atoms with Crippen LogP contribution in [0.5, 0.6) is 0 Å². The summed E-state index contributed by atoms with van der Waals surface area (Å²) in [6, 6.07) is 23.9. The van der Waals surface area contributed by atoms with Crippen molar-refractivity contribution in [2.75, 3.05) is 0 Å². The van der Waals surface area contributed by atoms with Gasteiger partial charge in [-0.15, -0.1) is 0 Å². The fourth-order valence-electron chi connectivity index (χ4n) is 3.22. The Labute approximate surface area is 124 Å². The van der Waals surface area contributed by atoms with Crippen molar-refractivity contribution >= 4 is 21.7 Å². The molecule has 0 N–H and O–H groups in total. The Hall–Kier alpha value is -2.54. The van der Waals surface area contributed by atoms with Crippen LogP contribution < -0.4 is 0 Å². The van der Waals surface area contributed by atoms with Gasteiger partial charge in [-0.3, -0.25) is 0 Å². The van der Waals surface area contributed by atoms with Crippen LogP contribution in [0.25, 0.3) is 32.9 Å². The first-order chi connectivity index (χ1) is 10.3. The summed E-state index contributed by atoms with van der Waals surface area (Å²) in [4.78, 5) is 0. The number of aryl methyl sites for hydroxylation is 2. The summed E-state index contributed by atoms with van der Waals surface area (Å²) in [5, 5.41) is 3.95. The molecular weight excluding hydrogens is 254 g/mol. The second kappa shape index (κ2) is 4.49. The minimum atomic E-state index is 1.27. The van der Waals surface area contributed by atoms with Crippen LogP contribution in [0.1, 0.15) is 5.56 Å². The van der Waals surface area contributed by atoms with Crippen molar-refractivity contribution in [2.45, 2.75) is 6.92 Å². The van der Waals surface area contributed by atoms with E-state index in [2.05, 4.69) is 85.3 Å². The van der Waals surface area contributed by atoms with Crippen molar-refractivity contribution in [3.63, 3.8) is 0 Å². The van der Waals surface area contributed by atoms with Gasteiger partial charge in [0.05, 0.1) is 0 Å². The summed E-state index contributed by atoms with van der Waals surface area (Å²) >= 11 is 0. The van der Waals surface area contributed by atoms with E-state index in [-0.39, 0.29) is 0 Å². The Morgan fingerprint density at radius 2 is 1.48 bits per heavy atom. The summed E-state index contributed by atoms with van der Waals surface area (Å²) in [5.74, 6) is 0. The van der Waals surface area contributed by atoms with Gasteiger partial charge in [-0.25, -0.2) is 0 Å². The summed E-state index contributed by atoms with van der Waals surface area (Å²) in [6.07, 6.45) is 0. The van der Waals surface area contributed by atoms with Crippen LogP contribution >= 0.6 is 0 Å². The molecule has 4 aromatic rings. The van der Waals surface area contributed by atoms with Gasteiger partial charge < -0.3 is 4.57 Å². The molecule has 1 heterocycles. The average Bonchev–Trinajstić information content (AvgIpc) is 2.86. The van der Waals surface area contributed by atoms with Crippen LogP contribution in [0.15, 0.2) is 66.7 Å². The first kappa shape index (κ1) is 12.2. The lowest BCUT2D eigenvalue weighted by Gasteiger charge is -2.10. The quantitative estimate of drug-likeness (QED) is 0.442. The molecule has 1 aromatic heterocycles. The first-order valence-corrected chi connectivity index (χ1v) is 7.29. The molecule has 1 heteroatoms. The summed E-state index contributed by atoms with van der Waals surface area (Å²) < 4.78 is 2.28. The number of aromatic nitrogens is 1. The predicted molar refractivity (Wildman–Crippen MR) is 90.6 cm³/mol. The van der Waals surface area contributed by atoms with Gasteiger partial charge in [0.2, 0.25) is 0 Å². The Morgan fingerprint density at radius 3 is 2.29 bits per heavy atom. The zero-order valence-electron chi connectivity index (χ0n) is 12.3. The maximum absolute atomic E-state index is 2.28. The summed E-state index contributed by atoms with van der Waals surface area (Å²) in [7, 11) is 2.15. The molecule has 0 aliphatic heterocycles. The Bertz CT molecular complexity index is 960. The van der Waals surface area contributed by atoms with Gasteiger partial charge in [-0.05, 0) is 35.4 Å². The van der Waals surface area contributed by atoms with E-state index in [1.165, 1.54) is 38.5 Å². The van der Waals surface area contributed by atoms with Crippen LogP contribution in [-0.4, -0.2) is 4.57 Å². The van der Waals surface area contributed by atoms with Gasteiger partial charge in [-0.2, -0.15) is 0 Å². The van der Waals surface area contributed by atoms with Gasteiger partial charge in [-0.1, -0.05) is 54.6 Å². The van der Waals surface area contributed by atoms with Crippen molar-refractivity contribution in [1.29, 1.82) is 0 Å². The van der Waals surface area contributed by atoms with E-state index in [1.807, 2.05) is 0 Å². The van der Waals surface area contributed by atoms with Crippen molar-refractivity contribution in [3.8, 4) is 11.3 Å². The lowest BCUT2D eigenvalue weighted by atomic mass is 9.98. The van der Waals surface area contributed by atoms with Crippen LogP contribution in [-0.2, 0) is 7.05 Å². The van der Waals surface area contributed by atoms with Crippen LogP contribution in [0, 0.1) is 6.92 Å². The second-order valence-electron chi connectivity index (χ2n) is 5.62. The molecule has 0 bridgehead atoms. The molecule has 0 spiro atoms. The third-order valence-electron chi connectivity index (χ3n) is 4.37. The fraction of sp³-hybridized carbons (Fsp3) is 0.100. The monoisotopic (exact) mass is 271 g/mol. The van der Waals surface area contributed by atoms with Gasteiger partial charge in [0.25, 0.3) is 0 Å². The van der Waals surface area contributed by atoms with E-state index >= 15 is 0 Å². The molecule has 0 fully saturated rings. The fourth-order valence-corrected chi connectivity index (χ4v) is 3.22. The maximum Gasteiger partial charge on any atom is 0.0494 e. The number of hydrogen-bond donors (Lipinski definition) is 0. The summed E-state index contributed by atoms with van der Waals surface area (Å²) in [5.41, 5.74) is 5.17. The number of rotatable bonds is 1. The minimum absolute atomic E-state index is 1.27. The molecule has 0 radical (unpaired) electrons. The third kappa shape index (κ3) is 1.78. The lowest BCUT2D eigenvalue weighted by molar-refractivity contribution is 0.979. The van der Waals surface area contributed by atoms with Crippen molar-refractivity contribution in [3.05, 3.63) is 72.3 Å². The number of benzene rings is 3. The number of para-hydroxylation sites is 1. The van der Waals surface area contributed by atoms with Crippen LogP contribution in [0.4, 0.5) is 0 Å². The molecule has 0 atom stereocenters. The summed E-state index contributed by atoms with van der Waals surface area (Å²) in [6.45, 7) is 2.17. The van der Waals surface area contributed by atoms with E-state index in [4.69, 9.17) is 0 Å². The van der Waals surface area contributed by atoms with Gasteiger partial charge >= 0.3 is 0 Å². The molecule has 3 aromatic carbocycles. The lowest BCUT2D eigenvalue weighted by Crippen LogP contribution is -1.92. The molecule has 0 aliphatic carbocycles. The molecule has 0 saturated heterocycles. The molecule has 0 unspecified atom stereocenters. The normalized spacial score (nSPS) is 11.3. The van der Waals surface area contributed by atoms with Gasteiger partial charge in [0.15, 0.2) is 0 Å². The largest absolute Gasteiger partial charge is 0.344 e. The standard InChI is InChI=1S/C20H17N/c1-14-11-12-18(17-9-5-4-8-16(14)17)20-13-15-7-3-6-10-19(15)21(20)2/h3-13H,1-2H3. The molecule has 4 rings (SSSR count). The van der Waals surface area contributed by atoms with Crippen molar-refractivity contribution in [2.24, 2.45) is 7.05 Å².